The summed E-state index contributed by atoms with van der Waals surface area (Å²) in [6.07, 6.45) is 7.33. The largest absolute Gasteiger partial charge is 0.347 e. The minimum Gasteiger partial charge on any atom is -0.347 e. The summed E-state index contributed by atoms with van der Waals surface area (Å²) in [6, 6.07) is -3.28. The summed E-state index contributed by atoms with van der Waals surface area (Å²) in [5.41, 5.74) is -0.691. The van der Waals surface area contributed by atoms with Gasteiger partial charge in [-0.25, -0.2) is 4.98 Å². The van der Waals surface area contributed by atoms with Crippen LogP contribution >= 0.6 is 0 Å². The summed E-state index contributed by atoms with van der Waals surface area (Å²) in [5.74, 6) is -3.52. The number of rotatable bonds is 12. The molecule has 3 heterocycles. The highest BCUT2D eigenvalue weighted by Crippen LogP contribution is 2.33. The van der Waals surface area contributed by atoms with Crippen LogP contribution in [0.2, 0.25) is 0 Å². The minimum absolute atomic E-state index is 0.00527. The fourth-order valence-electron chi connectivity index (χ4n) is 5.60. The molecule has 2 saturated heterocycles. The van der Waals surface area contributed by atoms with Crippen LogP contribution in [0, 0.1) is 11.3 Å². The Morgan fingerprint density at radius 3 is 2.44 bits per heavy atom. The fourth-order valence-corrected chi connectivity index (χ4v) is 5.60. The molecule has 1 aliphatic carbocycles. The molecule has 14 heteroatoms. The van der Waals surface area contributed by atoms with E-state index in [-0.39, 0.29) is 30.1 Å². The molecule has 0 spiro atoms. The standard InChI is InChI=1S/C29H42N8O6/c1-5-6-18(23(39)27(42)34-17-7-8-17)35-26(41)22-21-16(9-10-32-21)15-37(22)28(43)24(29(2,3)4)36-20(38)14-33-25(40)19-13-30-11-12-31-19/h11-13,16-18,21-22,24,32H,5-10,14-15H2,1-4H3,(H,33,40)(H,34,42)(H,35,41)(H,36,38)/t16-,18-,21-,22-,24+/m0/s1. The number of ketones is 1. The van der Waals surface area contributed by atoms with Crippen molar-refractivity contribution < 1.29 is 28.8 Å². The van der Waals surface area contributed by atoms with E-state index < -0.39 is 65.4 Å². The van der Waals surface area contributed by atoms with Crippen LogP contribution in [-0.2, 0) is 24.0 Å². The van der Waals surface area contributed by atoms with Gasteiger partial charge in [0.1, 0.15) is 17.8 Å². The molecule has 14 nitrogen and oxygen atoms in total. The van der Waals surface area contributed by atoms with Gasteiger partial charge in [-0.1, -0.05) is 34.1 Å². The number of nitrogens with zero attached hydrogens (tertiary/aromatic N) is 3. The first-order valence-corrected chi connectivity index (χ1v) is 14.9. The van der Waals surface area contributed by atoms with Gasteiger partial charge in [-0.05, 0) is 43.6 Å². The van der Waals surface area contributed by atoms with Crippen LogP contribution < -0.4 is 26.6 Å². The van der Waals surface area contributed by atoms with Gasteiger partial charge in [-0.2, -0.15) is 0 Å². The monoisotopic (exact) mass is 598 g/mol. The molecule has 5 amide bonds. The molecule has 234 valence electrons. The maximum atomic E-state index is 14.1. The number of hydrogen-bond donors (Lipinski definition) is 5. The Hall–Kier alpha value is -3.94. The van der Waals surface area contributed by atoms with Gasteiger partial charge in [0.2, 0.25) is 23.5 Å². The van der Waals surface area contributed by atoms with Crippen molar-refractivity contribution in [2.24, 2.45) is 11.3 Å². The molecule has 3 aliphatic rings. The lowest BCUT2D eigenvalue weighted by atomic mass is 9.85. The van der Waals surface area contributed by atoms with Crippen LogP contribution in [0.1, 0.15) is 70.3 Å². The fraction of sp³-hybridized carbons (Fsp3) is 0.655. The lowest BCUT2D eigenvalue weighted by Crippen LogP contribution is -2.62. The van der Waals surface area contributed by atoms with Crippen molar-refractivity contribution in [1.29, 1.82) is 0 Å². The number of aromatic nitrogens is 2. The predicted octanol–water partition coefficient (Wildman–Crippen LogP) is -0.941. The van der Waals surface area contributed by atoms with Crippen molar-refractivity contribution in [2.75, 3.05) is 19.6 Å². The number of carbonyl (C=O) groups is 6. The van der Waals surface area contributed by atoms with E-state index in [1.807, 2.05) is 6.92 Å². The first-order valence-electron chi connectivity index (χ1n) is 14.9. The maximum Gasteiger partial charge on any atom is 0.289 e. The highest BCUT2D eigenvalue weighted by molar-refractivity contribution is 6.38. The van der Waals surface area contributed by atoms with Crippen molar-refractivity contribution >= 4 is 35.3 Å². The number of Topliss-reactive ketones (excluding diaryl/α,β-unsaturated/α-hetero) is 1. The molecule has 1 saturated carbocycles. The van der Waals surface area contributed by atoms with Gasteiger partial charge in [-0.3, -0.25) is 33.8 Å². The molecule has 0 aromatic carbocycles. The molecule has 4 rings (SSSR count). The van der Waals surface area contributed by atoms with Crippen LogP contribution in [0.15, 0.2) is 18.6 Å². The van der Waals surface area contributed by atoms with E-state index in [4.69, 9.17) is 0 Å². The Labute approximate surface area is 250 Å². The van der Waals surface area contributed by atoms with E-state index in [1.54, 1.807) is 20.8 Å². The molecule has 2 aliphatic heterocycles. The van der Waals surface area contributed by atoms with Gasteiger partial charge < -0.3 is 31.5 Å². The molecule has 0 radical (unpaired) electrons. The van der Waals surface area contributed by atoms with Crippen molar-refractivity contribution in [3.63, 3.8) is 0 Å². The molecule has 5 atom stereocenters. The lowest BCUT2D eigenvalue weighted by molar-refractivity contribution is -0.145. The average Bonchev–Trinajstić information content (AvgIpc) is 3.53. The summed E-state index contributed by atoms with van der Waals surface area (Å²) >= 11 is 0. The predicted molar refractivity (Wildman–Crippen MR) is 154 cm³/mol. The first kappa shape index (κ1) is 32.0. The molecule has 43 heavy (non-hydrogen) atoms. The zero-order valence-corrected chi connectivity index (χ0v) is 25.1. The van der Waals surface area contributed by atoms with E-state index in [0.717, 1.165) is 19.3 Å². The Kier molecular flexibility index (Phi) is 10.1. The third-order valence-corrected chi connectivity index (χ3v) is 8.03. The average molecular weight is 599 g/mol. The van der Waals surface area contributed by atoms with Crippen LogP contribution in [0.4, 0.5) is 0 Å². The number of nitrogens with one attached hydrogen (secondary N) is 5. The zero-order valence-electron chi connectivity index (χ0n) is 25.1. The molecule has 1 aromatic rings. The Morgan fingerprint density at radius 1 is 1.07 bits per heavy atom. The van der Waals surface area contributed by atoms with Crippen molar-refractivity contribution in [3.8, 4) is 0 Å². The summed E-state index contributed by atoms with van der Waals surface area (Å²) < 4.78 is 0. The highest BCUT2D eigenvalue weighted by Gasteiger charge is 2.52. The van der Waals surface area contributed by atoms with Gasteiger partial charge in [-0.15, -0.1) is 0 Å². The number of likely N-dealkylation sites (tertiary alicyclic amines) is 1. The normalized spacial score (nSPS) is 22.6. The second kappa shape index (κ2) is 13.6. The maximum absolute atomic E-state index is 14.1. The summed E-state index contributed by atoms with van der Waals surface area (Å²) in [5, 5.41) is 14.0. The number of amides is 5. The number of fused-ring (bicyclic) bond motifs is 1. The molecular weight excluding hydrogens is 556 g/mol. The Balaban J connectivity index is 1.47. The zero-order chi connectivity index (χ0) is 31.3. The molecular formula is C29H42N8O6. The highest BCUT2D eigenvalue weighted by atomic mass is 16.2. The molecule has 0 unspecified atom stereocenters. The minimum atomic E-state index is -1.01. The second-order valence-corrected chi connectivity index (χ2v) is 12.6. The summed E-state index contributed by atoms with van der Waals surface area (Å²) in [6.45, 7) is 7.85. The van der Waals surface area contributed by atoms with Gasteiger partial charge in [0.15, 0.2) is 0 Å². The Bertz CT molecular complexity index is 1230. The van der Waals surface area contributed by atoms with Crippen LogP contribution in [0.3, 0.4) is 0 Å². The quantitative estimate of drug-likeness (QED) is 0.189. The third-order valence-electron chi connectivity index (χ3n) is 8.03. The number of carbonyl (C=O) groups excluding carboxylic acids is 6. The van der Waals surface area contributed by atoms with E-state index in [1.165, 1.54) is 23.5 Å². The smallest absolute Gasteiger partial charge is 0.289 e. The van der Waals surface area contributed by atoms with Crippen molar-refractivity contribution in [2.45, 2.75) is 90.0 Å². The molecule has 5 N–H and O–H groups in total. The molecule has 0 bridgehead atoms. The van der Waals surface area contributed by atoms with E-state index >= 15 is 0 Å². The van der Waals surface area contributed by atoms with Gasteiger partial charge in [0.25, 0.3) is 11.8 Å². The van der Waals surface area contributed by atoms with Crippen LogP contribution in [-0.4, -0.2) is 100 Å². The van der Waals surface area contributed by atoms with Crippen molar-refractivity contribution in [3.05, 3.63) is 24.3 Å². The van der Waals surface area contributed by atoms with E-state index in [0.29, 0.717) is 19.5 Å². The van der Waals surface area contributed by atoms with Crippen molar-refractivity contribution in [1.82, 2.24) is 41.5 Å². The Morgan fingerprint density at radius 2 is 1.81 bits per heavy atom. The van der Waals surface area contributed by atoms with Crippen LogP contribution in [0.5, 0.6) is 0 Å². The number of hydrogen-bond acceptors (Lipinski definition) is 9. The second-order valence-electron chi connectivity index (χ2n) is 12.6. The van der Waals surface area contributed by atoms with Gasteiger partial charge in [0, 0.05) is 31.0 Å². The van der Waals surface area contributed by atoms with Gasteiger partial charge >= 0.3 is 0 Å². The SMILES string of the molecule is CCC[C@H](NC(=O)[C@@H]1[C@H]2NCC[C@H]2CN1C(=O)[C@@H](NC(=O)CNC(=O)c1cnccn1)C(C)(C)C)C(=O)C(=O)NC1CC1. The molecule has 3 fully saturated rings. The summed E-state index contributed by atoms with van der Waals surface area (Å²) in [7, 11) is 0. The van der Waals surface area contributed by atoms with E-state index in [2.05, 4.69) is 36.6 Å². The topological polar surface area (TPSA) is 192 Å². The van der Waals surface area contributed by atoms with Gasteiger partial charge in [0.05, 0.1) is 18.8 Å². The van der Waals surface area contributed by atoms with Crippen LogP contribution in [0.25, 0.3) is 0 Å². The van der Waals surface area contributed by atoms with E-state index in [9.17, 15) is 28.8 Å². The summed E-state index contributed by atoms with van der Waals surface area (Å²) in [4.78, 5) is 87.7. The molecule has 1 aromatic heterocycles. The third kappa shape index (κ3) is 7.92. The lowest BCUT2D eigenvalue weighted by Gasteiger charge is -2.36. The first-order chi connectivity index (χ1) is 20.4.